The summed E-state index contributed by atoms with van der Waals surface area (Å²) in [4.78, 5) is 10.7. The normalized spacial score (nSPS) is 12.7. The average Bonchev–Trinajstić information content (AvgIpc) is 2.28. The molecule has 0 bridgehead atoms. The molecule has 0 aromatic heterocycles. The number of aryl methyl sites for hydroxylation is 1. The fourth-order valence-corrected chi connectivity index (χ4v) is 2.79. The molecule has 18 heavy (non-hydrogen) atoms. The molecule has 1 aromatic rings. The van der Waals surface area contributed by atoms with Gasteiger partial charge in [-0.1, -0.05) is 12.0 Å². The Kier molecular flexibility index (Phi) is 4.11. The monoisotopic (exact) mass is 267 g/mol. The zero-order valence-corrected chi connectivity index (χ0v) is 10.8. The summed E-state index contributed by atoms with van der Waals surface area (Å²) in [6.45, 7) is 3.11. The van der Waals surface area contributed by atoms with Crippen LogP contribution in [0.2, 0.25) is 0 Å². The molecule has 0 heterocycles. The van der Waals surface area contributed by atoms with E-state index in [1.807, 2.05) is 0 Å². The van der Waals surface area contributed by atoms with Gasteiger partial charge in [0.1, 0.15) is 0 Å². The van der Waals surface area contributed by atoms with Crippen LogP contribution in [-0.4, -0.2) is 25.5 Å². The van der Waals surface area contributed by atoms with Crippen LogP contribution >= 0.6 is 0 Å². The summed E-state index contributed by atoms with van der Waals surface area (Å²) in [5, 5.41) is 8.85. The summed E-state index contributed by atoms with van der Waals surface area (Å²) in [5.74, 6) is 1.06. The number of terminal acetylenes is 1. The van der Waals surface area contributed by atoms with Crippen molar-refractivity contribution < 1.29 is 18.3 Å². The number of aromatic carboxylic acids is 1. The second kappa shape index (κ2) is 5.21. The van der Waals surface area contributed by atoms with Gasteiger partial charge in [0.15, 0.2) is 0 Å². The number of benzene rings is 1. The van der Waals surface area contributed by atoms with Crippen LogP contribution < -0.4 is 4.72 Å². The van der Waals surface area contributed by atoms with Crippen LogP contribution in [0.5, 0.6) is 0 Å². The molecule has 0 saturated heterocycles. The van der Waals surface area contributed by atoms with Crippen molar-refractivity contribution in [1.82, 2.24) is 4.72 Å². The minimum Gasteiger partial charge on any atom is -0.478 e. The number of carboxylic acid groups (broad SMARTS) is 1. The number of hydrogen-bond acceptors (Lipinski definition) is 3. The Morgan fingerprint density at radius 2 is 2.11 bits per heavy atom. The minimum atomic E-state index is -3.81. The maximum atomic E-state index is 12.0. The first-order valence-corrected chi connectivity index (χ1v) is 6.58. The molecule has 2 N–H and O–H groups in total. The van der Waals surface area contributed by atoms with Gasteiger partial charge in [0.05, 0.1) is 16.5 Å². The van der Waals surface area contributed by atoms with E-state index in [2.05, 4.69) is 10.6 Å². The molecular weight excluding hydrogens is 254 g/mol. The number of rotatable bonds is 4. The Labute approximate surface area is 106 Å². The molecule has 0 aliphatic carbocycles. The molecule has 1 aromatic carbocycles. The van der Waals surface area contributed by atoms with Gasteiger partial charge in [-0.05, 0) is 31.5 Å². The van der Waals surface area contributed by atoms with Gasteiger partial charge in [-0.3, -0.25) is 0 Å². The van der Waals surface area contributed by atoms with E-state index >= 15 is 0 Å². The van der Waals surface area contributed by atoms with Crippen LogP contribution in [0.4, 0.5) is 0 Å². The molecule has 1 unspecified atom stereocenters. The molecule has 0 radical (unpaired) electrons. The summed E-state index contributed by atoms with van der Waals surface area (Å²) in [6.07, 6.45) is 5.10. The van der Waals surface area contributed by atoms with E-state index in [-0.39, 0.29) is 10.5 Å². The van der Waals surface area contributed by atoms with E-state index in [1.165, 1.54) is 19.1 Å². The fraction of sp³-hybridized carbons (Fsp3) is 0.250. The fourth-order valence-electron chi connectivity index (χ4n) is 1.35. The second-order valence-corrected chi connectivity index (χ2v) is 5.48. The highest BCUT2D eigenvalue weighted by Crippen LogP contribution is 2.17. The highest BCUT2D eigenvalue weighted by atomic mass is 32.2. The van der Waals surface area contributed by atoms with Gasteiger partial charge < -0.3 is 5.11 Å². The largest absolute Gasteiger partial charge is 0.478 e. The van der Waals surface area contributed by atoms with Crippen molar-refractivity contribution in [1.29, 1.82) is 0 Å². The van der Waals surface area contributed by atoms with Crippen molar-refractivity contribution in [3.05, 3.63) is 29.3 Å². The maximum Gasteiger partial charge on any atom is 0.335 e. The van der Waals surface area contributed by atoms with Gasteiger partial charge in [0.2, 0.25) is 10.0 Å². The lowest BCUT2D eigenvalue weighted by Gasteiger charge is -2.11. The second-order valence-electron chi connectivity index (χ2n) is 3.80. The van der Waals surface area contributed by atoms with Crippen molar-refractivity contribution in [3.8, 4) is 12.3 Å². The number of carbonyl (C=O) groups is 1. The van der Waals surface area contributed by atoms with E-state index in [0.717, 1.165) is 6.07 Å². The highest BCUT2D eigenvalue weighted by molar-refractivity contribution is 7.89. The number of nitrogens with one attached hydrogen (secondary N) is 1. The molecular formula is C12H13NO4S. The van der Waals surface area contributed by atoms with Gasteiger partial charge in [-0.25, -0.2) is 13.2 Å². The Morgan fingerprint density at radius 3 is 2.61 bits per heavy atom. The molecule has 6 heteroatoms. The van der Waals surface area contributed by atoms with E-state index in [9.17, 15) is 13.2 Å². The third-order valence-corrected chi connectivity index (χ3v) is 3.99. The van der Waals surface area contributed by atoms with E-state index in [4.69, 9.17) is 11.5 Å². The summed E-state index contributed by atoms with van der Waals surface area (Å²) in [5.41, 5.74) is 0.367. The van der Waals surface area contributed by atoms with Gasteiger partial charge in [-0.15, -0.1) is 6.42 Å². The smallest absolute Gasteiger partial charge is 0.335 e. The van der Waals surface area contributed by atoms with Crippen LogP contribution in [0.1, 0.15) is 22.8 Å². The zero-order chi connectivity index (χ0) is 13.9. The summed E-state index contributed by atoms with van der Waals surface area (Å²) >= 11 is 0. The average molecular weight is 267 g/mol. The van der Waals surface area contributed by atoms with Crippen LogP contribution in [0, 0.1) is 19.3 Å². The lowest BCUT2D eigenvalue weighted by molar-refractivity contribution is 0.0696. The lowest BCUT2D eigenvalue weighted by Crippen LogP contribution is -2.32. The molecule has 0 amide bonds. The van der Waals surface area contributed by atoms with Gasteiger partial charge in [0, 0.05) is 0 Å². The first kappa shape index (κ1) is 14.2. The molecule has 1 rings (SSSR count). The zero-order valence-electron chi connectivity index (χ0n) is 9.97. The predicted molar refractivity (Wildman–Crippen MR) is 66.8 cm³/mol. The SMILES string of the molecule is C#CC(C)NS(=O)(=O)c1cc(C(=O)O)ccc1C. The number of carboxylic acids is 1. The number of sulfonamides is 1. The topological polar surface area (TPSA) is 83.5 Å². The summed E-state index contributed by atoms with van der Waals surface area (Å²) < 4.78 is 26.3. The van der Waals surface area contributed by atoms with E-state index < -0.39 is 22.0 Å². The molecule has 1 atom stereocenters. The molecule has 5 nitrogen and oxygen atoms in total. The Morgan fingerprint density at radius 1 is 1.50 bits per heavy atom. The molecule has 0 aliphatic heterocycles. The molecule has 0 saturated carbocycles. The van der Waals surface area contributed by atoms with Gasteiger partial charge >= 0.3 is 5.97 Å². The first-order chi connectivity index (χ1) is 8.27. The van der Waals surface area contributed by atoms with Crippen molar-refractivity contribution in [2.24, 2.45) is 0 Å². The van der Waals surface area contributed by atoms with E-state index in [0.29, 0.717) is 5.56 Å². The predicted octanol–water partition coefficient (Wildman–Crippen LogP) is 0.993. The third kappa shape index (κ3) is 3.09. The van der Waals surface area contributed by atoms with Crippen molar-refractivity contribution in [2.75, 3.05) is 0 Å². The summed E-state index contributed by atoms with van der Waals surface area (Å²) in [6, 6.07) is 3.24. The van der Waals surface area contributed by atoms with Gasteiger partial charge in [-0.2, -0.15) is 4.72 Å². The molecule has 0 spiro atoms. The van der Waals surface area contributed by atoms with Crippen molar-refractivity contribution in [3.63, 3.8) is 0 Å². The van der Waals surface area contributed by atoms with Crippen molar-refractivity contribution in [2.45, 2.75) is 24.8 Å². The molecule has 0 aliphatic rings. The Bertz CT molecular complexity index is 613. The van der Waals surface area contributed by atoms with Crippen LogP contribution in [-0.2, 0) is 10.0 Å². The lowest BCUT2D eigenvalue weighted by atomic mass is 10.1. The van der Waals surface area contributed by atoms with Crippen LogP contribution in [0.15, 0.2) is 23.1 Å². The Hall–Kier alpha value is -1.84. The first-order valence-electron chi connectivity index (χ1n) is 5.10. The van der Waals surface area contributed by atoms with Crippen LogP contribution in [0.3, 0.4) is 0 Å². The van der Waals surface area contributed by atoms with Gasteiger partial charge in [0.25, 0.3) is 0 Å². The quantitative estimate of drug-likeness (QED) is 0.797. The minimum absolute atomic E-state index is 0.0792. The Balaban J connectivity index is 3.28. The maximum absolute atomic E-state index is 12.0. The van der Waals surface area contributed by atoms with E-state index in [1.54, 1.807) is 6.92 Å². The summed E-state index contributed by atoms with van der Waals surface area (Å²) in [7, 11) is -3.81. The standard InChI is InChI=1S/C12H13NO4S/c1-4-9(3)13-18(16,17)11-7-10(12(14)15)6-5-8(11)2/h1,5-7,9,13H,2-3H3,(H,14,15). The highest BCUT2D eigenvalue weighted by Gasteiger charge is 2.20. The molecule has 0 fully saturated rings. The molecule has 96 valence electrons. The number of hydrogen-bond donors (Lipinski definition) is 2. The van der Waals surface area contributed by atoms with Crippen LogP contribution in [0.25, 0.3) is 0 Å². The van der Waals surface area contributed by atoms with Crippen molar-refractivity contribution >= 4 is 16.0 Å². The third-order valence-electron chi connectivity index (χ3n) is 2.31.